The van der Waals surface area contributed by atoms with Gasteiger partial charge < -0.3 is 19.7 Å². The molecule has 6 heteroatoms. The lowest BCUT2D eigenvalue weighted by molar-refractivity contribution is -0.187. The molecule has 1 aliphatic carbocycles. The van der Waals surface area contributed by atoms with Crippen LogP contribution in [-0.2, 0) is 19.1 Å². The number of aliphatic hydroxyl groups excluding tert-OH is 1. The van der Waals surface area contributed by atoms with Crippen LogP contribution in [0.5, 0.6) is 0 Å². The number of carbonyl (C=O) groups is 2. The van der Waals surface area contributed by atoms with Crippen LogP contribution in [0.1, 0.15) is 40.5 Å². The Bertz CT molecular complexity index is 522. The highest BCUT2D eigenvalue weighted by Gasteiger charge is 2.52. The third-order valence-corrected chi connectivity index (χ3v) is 5.20. The first-order valence-corrected chi connectivity index (χ1v) is 8.43. The SMILES string of the molecule is C=C[C@]1(C)CC[C@@H](C(O)(COC(C)=O)COC(C)=O)[C@H](O)[C@H]1C(=C)C. The fourth-order valence-corrected chi connectivity index (χ4v) is 3.79. The summed E-state index contributed by atoms with van der Waals surface area (Å²) in [5, 5.41) is 22.1. The van der Waals surface area contributed by atoms with Crippen molar-refractivity contribution in [1.29, 1.82) is 0 Å². The van der Waals surface area contributed by atoms with E-state index in [1.54, 1.807) is 0 Å². The summed E-state index contributed by atoms with van der Waals surface area (Å²) in [6.45, 7) is 13.4. The highest BCUT2D eigenvalue weighted by molar-refractivity contribution is 5.66. The van der Waals surface area contributed by atoms with Crippen molar-refractivity contribution in [2.24, 2.45) is 17.3 Å². The summed E-state index contributed by atoms with van der Waals surface area (Å²) in [7, 11) is 0. The summed E-state index contributed by atoms with van der Waals surface area (Å²) in [6, 6.07) is 0. The molecule has 0 aromatic rings. The van der Waals surface area contributed by atoms with E-state index < -0.39 is 29.6 Å². The number of rotatable bonds is 7. The van der Waals surface area contributed by atoms with Crippen molar-refractivity contribution in [2.45, 2.75) is 52.2 Å². The molecule has 0 heterocycles. The topological polar surface area (TPSA) is 93.1 Å². The first kappa shape index (κ1) is 21.4. The molecule has 1 rings (SSSR count). The number of esters is 2. The van der Waals surface area contributed by atoms with Crippen LogP contribution >= 0.6 is 0 Å². The number of ether oxygens (including phenoxy) is 2. The Morgan fingerprint density at radius 2 is 1.72 bits per heavy atom. The number of hydrogen-bond acceptors (Lipinski definition) is 6. The van der Waals surface area contributed by atoms with Crippen molar-refractivity contribution in [3.63, 3.8) is 0 Å². The van der Waals surface area contributed by atoms with Crippen molar-refractivity contribution in [2.75, 3.05) is 13.2 Å². The molecule has 0 aromatic carbocycles. The zero-order chi connectivity index (χ0) is 19.4. The molecule has 2 N–H and O–H groups in total. The van der Waals surface area contributed by atoms with Gasteiger partial charge in [0.1, 0.15) is 18.8 Å². The van der Waals surface area contributed by atoms with Crippen LogP contribution in [0.4, 0.5) is 0 Å². The molecular weight excluding hydrogens is 324 g/mol. The Morgan fingerprint density at radius 1 is 1.24 bits per heavy atom. The number of aliphatic hydroxyl groups is 2. The van der Waals surface area contributed by atoms with Gasteiger partial charge in [0.25, 0.3) is 0 Å². The average Bonchev–Trinajstić information content (AvgIpc) is 2.50. The van der Waals surface area contributed by atoms with E-state index in [1.165, 1.54) is 13.8 Å². The molecule has 0 aromatic heterocycles. The fourth-order valence-electron chi connectivity index (χ4n) is 3.79. The standard InChI is InChI=1S/C19H30O6/c1-7-18(6)9-8-15(17(22)16(18)12(2)3)19(23,10-24-13(4)20)11-25-14(5)21/h7,15-17,22-23H,1-2,8-11H2,3-6H3/t15-,16-,17+,18-/m1/s1. The van der Waals surface area contributed by atoms with Gasteiger partial charge in [-0.15, -0.1) is 6.58 Å². The smallest absolute Gasteiger partial charge is 0.302 e. The second-order valence-corrected chi connectivity index (χ2v) is 7.33. The lowest BCUT2D eigenvalue weighted by Gasteiger charge is -2.50. The maximum Gasteiger partial charge on any atom is 0.302 e. The van der Waals surface area contributed by atoms with E-state index in [2.05, 4.69) is 13.2 Å². The third-order valence-electron chi connectivity index (χ3n) is 5.20. The van der Waals surface area contributed by atoms with Crippen molar-refractivity contribution >= 4 is 11.9 Å². The van der Waals surface area contributed by atoms with Crippen LogP contribution in [0.25, 0.3) is 0 Å². The van der Waals surface area contributed by atoms with Gasteiger partial charge >= 0.3 is 11.9 Å². The van der Waals surface area contributed by atoms with E-state index in [0.717, 1.165) is 5.57 Å². The number of hydrogen-bond donors (Lipinski definition) is 2. The first-order valence-electron chi connectivity index (χ1n) is 8.43. The Hall–Kier alpha value is -1.66. The van der Waals surface area contributed by atoms with Crippen LogP contribution in [0.15, 0.2) is 24.8 Å². The van der Waals surface area contributed by atoms with Gasteiger partial charge in [0.05, 0.1) is 6.10 Å². The number of allylic oxidation sites excluding steroid dienone is 1. The maximum atomic E-state index is 11.2. The maximum absolute atomic E-state index is 11.2. The van der Waals surface area contributed by atoms with Crippen molar-refractivity contribution in [1.82, 2.24) is 0 Å². The second-order valence-electron chi connectivity index (χ2n) is 7.33. The Morgan fingerprint density at radius 3 is 2.08 bits per heavy atom. The van der Waals surface area contributed by atoms with Crippen LogP contribution in [-0.4, -0.2) is 47.1 Å². The molecule has 1 aliphatic rings. The summed E-state index contributed by atoms with van der Waals surface area (Å²) in [6.07, 6.45) is 2.00. The highest BCUT2D eigenvalue weighted by Crippen LogP contribution is 2.50. The molecule has 0 unspecified atom stereocenters. The van der Waals surface area contributed by atoms with Crippen LogP contribution < -0.4 is 0 Å². The zero-order valence-corrected chi connectivity index (χ0v) is 15.6. The van der Waals surface area contributed by atoms with Crippen molar-refractivity contribution < 1.29 is 29.3 Å². The van der Waals surface area contributed by atoms with E-state index in [1.807, 2.05) is 19.9 Å². The van der Waals surface area contributed by atoms with Gasteiger partial charge in [-0.3, -0.25) is 9.59 Å². The minimum atomic E-state index is -1.67. The molecule has 6 nitrogen and oxygen atoms in total. The minimum absolute atomic E-state index is 0.315. The minimum Gasteiger partial charge on any atom is -0.463 e. The summed E-state index contributed by atoms with van der Waals surface area (Å²) in [5.74, 6) is -2.07. The average molecular weight is 354 g/mol. The molecule has 1 saturated carbocycles. The third kappa shape index (κ3) is 4.92. The van der Waals surface area contributed by atoms with E-state index in [9.17, 15) is 19.8 Å². The quantitative estimate of drug-likeness (QED) is 0.536. The molecule has 0 amide bonds. The highest BCUT2D eigenvalue weighted by atomic mass is 16.6. The Kier molecular flexibility index (Phi) is 6.97. The normalized spacial score (nSPS) is 29.6. The number of carbonyl (C=O) groups excluding carboxylic acids is 2. The molecule has 0 spiro atoms. The van der Waals surface area contributed by atoms with Crippen LogP contribution in [0.2, 0.25) is 0 Å². The fraction of sp³-hybridized carbons (Fsp3) is 0.684. The molecule has 25 heavy (non-hydrogen) atoms. The molecule has 0 bridgehead atoms. The van der Waals surface area contributed by atoms with E-state index >= 15 is 0 Å². The summed E-state index contributed by atoms with van der Waals surface area (Å²) in [5.41, 5.74) is -1.25. The van der Waals surface area contributed by atoms with Crippen molar-refractivity contribution in [3.05, 3.63) is 24.8 Å². The zero-order valence-electron chi connectivity index (χ0n) is 15.6. The largest absolute Gasteiger partial charge is 0.463 e. The molecule has 1 fully saturated rings. The van der Waals surface area contributed by atoms with E-state index in [-0.39, 0.29) is 24.5 Å². The molecular formula is C19H30O6. The van der Waals surface area contributed by atoms with Gasteiger partial charge in [0, 0.05) is 25.7 Å². The molecule has 0 saturated heterocycles. The van der Waals surface area contributed by atoms with E-state index in [0.29, 0.717) is 12.8 Å². The lowest BCUT2D eigenvalue weighted by Crippen LogP contribution is -2.57. The molecule has 0 aliphatic heterocycles. The predicted octanol–water partition coefficient (Wildman–Crippen LogP) is 2.00. The monoisotopic (exact) mass is 354 g/mol. The van der Waals surface area contributed by atoms with Crippen LogP contribution in [0.3, 0.4) is 0 Å². The predicted molar refractivity (Wildman–Crippen MR) is 93.6 cm³/mol. The Balaban J connectivity index is 3.15. The Labute approximate surface area is 149 Å². The van der Waals surface area contributed by atoms with Gasteiger partial charge in [-0.05, 0) is 25.2 Å². The lowest BCUT2D eigenvalue weighted by atomic mass is 9.58. The second kappa shape index (κ2) is 8.15. The van der Waals surface area contributed by atoms with Gasteiger partial charge in [0.2, 0.25) is 0 Å². The van der Waals surface area contributed by atoms with Gasteiger partial charge in [-0.2, -0.15) is 0 Å². The van der Waals surface area contributed by atoms with Gasteiger partial charge in [-0.1, -0.05) is 25.2 Å². The molecule has 4 atom stereocenters. The molecule has 142 valence electrons. The van der Waals surface area contributed by atoms with Gasteiger partial charge in [-0.25, -0.2) is 0 Å². The van der Waals surface area contributed by atoms with Crippen LogP contribution in [0, 0.1) is 17.3 Å². The first-order chi connectivity index (χ1) is 11.5. The summed E-state index contributed by atoms with van der Waals surface area (Å²) in [4.78, 5) is 22.4. The summed E-state index contributed by atoms with van der Waals surface area (Å²) < 4.78 is 9.96. The van der Waals surface area contributed by atoms with Gasteiger partial charge in [0.15, 0.2) is 0 Å². The van der Waals surface area contributed by atoms with Crippen molar-refractivity contribution in [3.8, 4) is 0 Å². The summed E-state index contributed by atoms with van der Waals surface area (Å²) >= 11 is 0. The van der Waals surface area contributed by atoms with E-state index in [4.69, 9.17) is 9.47 Å². The molecule has 0 radical (unpaired) electrons.